The van der Waals surface area contributed by atoms with E-state index in [1.807, 2.05) is 12.4 Å². The van der Waals surface area contributed by atoms with Crippen LogP contribution in [0.5, 0.6) is 0 Å². The van der Waals surface area contributed by atoms with Gasteiger partial charge in [0, 0.05) is 27.9 Å². The number of fused-ring (bicyclic) bond motifs is 2. The zero-order chi connectivity index (χ0) is 24.9. The monoisotopic (exact) mass is 443 g/mol. The van der Waals surface area contributed by atoms with Crippen LogP contribution < -0.4 is 0 Å². The van der Waals surface area contributed by atoms with E-state index in [9.17, 15) is 0 Å². The molecule has 2 saturated carbocycles. The standard InChI is InChI=1S/C30H36N2O/c1-28-12-10-24-17-23-6-7-25(32(2)3)18-29(23)13-14-30(24,33-29)27(28)9-8-26(28)21-5-4-20-11-15-31-19-22(20)16-21/h4-5,10-11,15-17,19,25-27H,6-9,12-14,18H2,1-3H3/t25-,26-,27-,28-,29-,30-/m1/s1/i2D3. The molecule has 2 aromatic rings. The molecule has 0 amide bonds. The van der Waals surface area contributed by atoms with Gasteiger partial charge < -0.3 is 9.64 Å². The average molecular weight is 444 g/mol. The summed E-state index contributed by atoms with van der Waals surface area (Å²) < 4.78 is 31.2. The molecule has 3 fully saturated rings. The fourth-order valence-corrected chi connectivity index (χ4v) is 8.58. The van der Waals surface area contributed by atoms with Crippen LogP contribution in [-0.2, 0) is 4.74 Å². The summed E-state index contributed by atoms with van der Waals surface area (Å²) >= 11 is 0. The molecule has 2 aliphatic heterocycles. The molecule has 2 spiro atoms. The van der Waals surface area contributed by atoms with E-state index in [-0.39, 0.29) is 22.7 Å². The minimum atomic E-state index is -2.06. The van der Waals surface area contributed by atoms with Crippen molar-refractivity contribution in [3.63, 3.8) is 0 Å². The van der Waals surface area contributed by atoms with Gasteiger partial charge in [-0.05, 0) is 117 Å². The molecule has 3 aliphatic carbocycles. The van der Waals surface area contributed by atoms with Crippen molar-refractivity contribution in [3.8, 4) is 0 Å². The fourth-order valence-electron chi connectivity index (χ4n) is 8.58. The lowest BCUT2D eigenvalue weighted by Crippen LogP contribution is -2.55. The van der Waals surface area contributed by atoms with Crippen molar-refractivity contribution >= 4 is 10.8 Å². The van der Waals surface area contributed by atoms with Crippen LogP contribution in [0.15, 0.2) is 60.0 Å². The third-order valence-electron chi connectivity index (χ3n) is 10.3. The van der Waals surface area contributed by atoms with Crippen molar-refractivity contribution in [3.05, 3.63) is 65.5 Å². The maximum Gasteiger partial charge on any atom is 0.0974 e. The first-order valence-corrected chi connectivity index (χ1v) is 12.8. The molecule has 0 N–H and O–H groups in total. The van der Waals surface area contributed by atoms with E-state index < -0.39 is 6.98 Å². The Bertz CT molecular complexity index is 1300. The Labute approximate surface area is 202 Å². The summed E-state index contributed by atoms with van der Waals surface area (Å²) in [5.41, 5.74) is 3.91. The number of ether oxygens (including phenoxy) is 1. The number of pyridine rings is 1. The number of aromatic nitrogens is 1. The van der Waals surface area contributed by atoms with Gasteiger partial charge in [-0.2, -0.15) is 0 Å². The molecule has 0 radical (unpaired) electrons. The SMILES string of the molecule is [2H]C([2H])([2H])N(C)[C@@H]1CCC2=CC3=CC[C@]4(C)[C@@H](c5ccc6ccncc6c5)CC[C@H]4[C@@]34CC[C@]2(C1)O4. The molecule has 6 atom stereocenters. The molecule has 172 valence electrons. The smallest absolute Gasteiger partial charge is 0.0974 e. The van der Waals surface area contributed by atoms with E-state index in [4.69, 9.17) is 8.85 Å². The Morgan fingerprint density at radius 2 is 2.09 bits per heavy atom. The summed E-state index contributed by atoms with van der Waals surface area (Å²) in [5.74, 6) is 0.989. The molecule has 33 heavy (non-hydrogen) atoms. The van der Waals surface area contributed by atoms with Gasteiger partial charge in [0.2, 0.25) is 0 Å². The van der Waals surface area contributed by atoms with Crippen LogP contribution in [0.1, 0.15) is 73.9 Å². The highest BCUT2D eigenvalue weighted by atomic mass is 16.5. The van der Waals surface area contributed by atoms with Gasteiger partial charge in [0.25, 0.3) is 0 Å². The largest absolute Gasteiger partial charge is 0.359 e. The fraction of sp³-hybridized carbons (Fsp3) is 0.567. The Balaban J connectivity index is 1.24. The predicted octanol–water partition coefficient (Wildman–Crippen LogP) is 6.41. The lowest BCUT2D eigenvalue weighted by atomic mass is 9.58. The van der Waals surface area contributed by atoms with Crippen LogP contribution in [0.2, 0.25) is 0 Å². The topological polar surface area (TPSA) is 25.4 Å². The molecule has 1 aromatic carbocycles. The van der Waals surface area contributed by atoms with E-state index >= 15 is 0 Å². The number of allylic oxidation sites excluding steroid dienone is 1. The molecular weight excluding hydrogens is 404 g/mol. The Morgan fingerprint density at radius 3 is 3.00 bits per heavy atom. The van der Waals surface area contributed by atoms with Gasteiger partial charge >= 0.3 is 0 Å². The van der Waals surface area contributed by atoms with E-state index in [1.54, 1.807) is 11.9 Å². The zero-order valence-corrected chi connectivity index (χ0v) is 19.8. The van der Waals surface area contributed by atoms with E-state index in [0.717, 1.165) is 38.5 Å². The highest BCUT2D eigenvalue weighted by Crippen LogP contribution is 2.69. The third kappa shape index (κ3) is 2.67. The first-order chi connectivity index (χ1) is 17.1. The number of hydrogen-bond donors (Lipinski definition) is 0. The number of rotatable bonds is 2. The van der Waals surface area contributed by atoms with Crippen LogP contribution in [0.25, 0.3) is 10.8 Å². The van der Waals surface area contributed by atoms with Crippen molar-refractivity contribution in [2.24, 2.45) is 11.3 Å². The predicted molar refractivity (Wildman–Crippen MR) is 133 cm³/mol. The van der Waals surface area contributed by atoms with Crippen molar-refractivity contribution in [1.82, 2.24) is 9.88 Å². The van der Waals surface area contributed by atoms with Crippen LogP contribution in [0.4, 0.5) is 0 Å². The molecule has 3 nitrogen and oxygen atoms in total. The Morgan fingerprint density at radius 1 is 1.15 bits per heavy atom. The third-order valence-corrected chi connectivity index (χ3v) is 10.3. The second kappa shape index (κ2) is 6.79. The van der Waals surface area contributed by atoms with Crippen LogP contribution in [-0.4, -0.2) is 41.2 Å². The van der Waals surface area contributed by atoms with Gasteiger partial charge in [0.1, 0.15) is 0 Å². The highest BCUT2D eigenvalue weighted by Gasteiger charge is 2.66. The van der Waals surface area contributed by atoms with Crippen LogP contribution in [0.3, 0.4) is 0 Å². The summed E-state index contributed by atoms with van der Waals surface area (Å²) in [6, 6.07) is 9.08. The number of benzene rings is 1. The first kappa shape index (κ1) is 17.5. The highest BCUT2D eigenvalue weighted by molar-refractivity contribution is 5.82. The number of nitrogens with zero attached hydrogens (tertiary/aromatic N) is 2. The molecule has 2 bridgehead atoms. The molecular formula is C30H36N2O. The van der Waals surface area contributed by atoms with Crippen LogP contribution in [0, 0.1) is 11.3 Å². The molecule has 5 aliphatic rings. The molecule has 3 heterocycles. The van der Waals surface area contributed by atoms with Crippen LogP contribution >= 0.6 is 0 Å². The number of hydrogen-bond acceptors (Lipinski definition) is 3. The zero-order valence-electron chi connectivity index (χ0n) is 22.8. The Hall–Kier alpha value is -1.97. The van der Waals surface area contributed by atoms with Crippen molar-refractivity contribution in [1.29, 1.82) is 0 Å². The van der Waals surface area contributed by atoms with Gasteiger partial charge in [-0.3, -0.25) is 4.98 Å². The lowest BCUT2D eigenvalue weighted by Gasteiger charge is -2.54. The molecule has 7 rings (SSSR count). The maximum absolute atomic E-state index is 7.95. The second-order valence-corrected chi connectivity index (χ2v) is 11.7. The minimum absolute atomic E-state index is 0.0350. The van der Waals surface area contributed by atoms with Crippen molar-refractivity contribution in [2.75, 3.05) is 14.0 Å². The summed E-state index contributed by atoms with van der Waals surface area (Å²) in [6.07, 6.45) is 17.0. The van der Waals surface area contributed by atoms with Crippen molar-refractivity contribution < 1.29 is 8.85 Å². The van der Waals surface area contributed by atoms with Gasteiger partial charge in [0.05, 0.1) is 11.2 Å². The van der Waals surface area contributed by atoms with E-state index in [0.29, 0.717) is 11.8 Å². The lowest BCUT2D eigenvalue weighted by molar-refractivity contribution is -0.139. The first-order valence-electron chi connectivity index (χ1n) is 14.3. The molecule has 0 unspecified atom stereocenters. The van der Waals surface area contributed by atoms with E-state index in [1.165, 1.54) is 40.3 Å². The van der Waals surface area contributed by atoms with Gasteiger partial charge in [-0.25, -0.2) is 0 Å². The van der Waals surface area contributed by atoms with Crippen molar-refractivity contribution in [2.45, 2.75) is 81.5 Å². The van der Waals surface area contributed by atoms with Gasteiger partial charge in [-0.15, -0.1) is 0 Å². The van der Waals surface area contributed by atoms with Gasteiger partial charge in [-0.1, -0.05) is 31.2 Å². The van der Waals surface area contributed by atoms with Gasteiger partial charge in [0.15, 0.2) is 0 Å². The molecule has 1 aromatic heterocycles. The quantitative estimate of drug-likeness (QED) is 0.536. The second-order valence-electron chi connectivity index (χ2n) is 11.7. The summed E-state index contributed by atoms with van der Waals surface area (Å²) in [7, 11) is 1.76. The maximum atomic E-state index is 7.95. The Kier molecular flexibility index (Phi) is 3.60. The minimum Gasteiger partial charge on any atom is -0.359 e. The summed E-state index contributed by atoms with van der Waals surface area (Å²) in [4.78, 5) is 5.97. The normalized spacial score (nSPS) is 43.1. The average Bonchev–Trinajstić information content (AvgIpc) is 3.37. The summed E-state index contributed by atoms with van der Waals surface area (Å²) in [5, 5.41) is 2.47. The van der Waals surface area contributed by atoms with E-state index in [2.05, 4.69) is 48.3 Å². The molecule has 1 saturated heterocycles. The summed E-state index contributed by atoms with van der Waals surface area (Å²) in [6.45, 7) is 0.445. The molecule has 3 heteroatoms.